The van der Waals surface area contributed by atoms with Crippen LogP contribution >= 0.6 is 0 Å². The highest BCUT2D eigenvalue weighted by molar-refractivity contribution is 6.26. The third-order valence-electron chi connectivity index (χ3n) is 2.94. The first-order chi connectivity index (χ1) is 9.09. The molecule has 0 saturated heterocycles. The van der Waals surface area contributed by atoms with Gasteiger partial charge >= 0.3 is 6.03 Å². The minimum atomic E-state index is -1.19. The maximum atomic E-state index is 12.1. The van der Waals surface area contributed by atoms with Crippen molar-refractivity contribution >= 4 is 30.0 Å². The highest BCUT2D eigenvalue weighted by Gasteiger charge is 2.43. The van der Waals surface area contributed by atoms with Crippen LogP contribution in [0, 0.1) is 0 Å². The molecule has 2 aliphatic heterocycles. The van der Waals surface area contributed by atoms with Crippen molar-refractivity contribution in [3.63, 3.8) is 0 Å². The fraction of sp³-hybridized carbons (Fsp3) is 0.0833. The first-order valence-electron chi connectivity index (χ1n) is 5.45. The number of nitrogens with one attached hydrogen (secondary N) is 1. The van der Waals surface area contributed by atoms with Crippen LogP contribution in [0.1, 0.15) is 20.7 Å². The van der Waals surface area contributed by atoms with Crippen LogP contribution in [-0.4, -0.2) is 40.9 Å². The number of carbonyl (C=O) groups is 4. The molecule has 0 radical (unpaired) electrons. The van der Waals surface area contributed by atoms with Gasteiger partial charge in [-0.05, 0) is 12.1 Å². The molecule has 1 unspecified atom stereocenters. The first-order valence-corrected chi connectivity index (χ1v) is 5.45. The molecule has 94 valence electrons. The SMILES string of the molecule is O=C1N=CC(N2C(=O)c3ccccc3C2=O)C(=O)N1. The van der Waals surface area contributed by atoms with Gasteiger partial charge < -0.3 is 0 Å². The second-order valence-electron chi connectivity index (χ2n) is 4.04. The highest BCUT2D eigenvalue weighted by Crippen LogP contribution is 2.24. The maximum Gasteiger partial charge on any atom is 0.347 e. The van der Waals surface area contributed by atoms with E-state index >= 15 is 0 Å². The molecule has 0 fully saturated rings. The quantitative estimate of drug-likeness (QED) is 0.714. The second-order valence-corrected chi connectivity index (χ2v) is 4.04. The maximum absolute atomic E-state index is 12.1. The summed E-state index contributed by atoms with van der Waals surface area (Å²) < 4.78 is 0. The molecule has 2 aliphatic rings. The van der Waals surface area contributed by atoms with Crippen molar-refractivity contribution in [3.8, 4) is 0 Å². The van der Waals surface area contributed by atoms with Crippen molar-refractivity contribution in [2.45, 2.75) is 6.04 Å². The van der Waals surface area contributed by atoms with E-state index in [9.17, 15) is 19.2 Å². The van der Waals surface area contributed by atoms with Crippen molar-refractivity contribution < 1.29 is 19.2 Å². The molecule has 1 atom stereocenters. The number of rotatable bonds is 1. The van der Waals surface area contributed by atoms with E-state index in [1.54, 1.807) is 12.1 Å². The predicted octanol–water partition coefficient (Wildman–Crippen LogP) is -0.0282. The molecule has 0 spiro atoms. The molecule has 2 heterocycles. The van der Waals surface area contributed by atoms with Gasteiger partial charge in [0.05, 0.1) is 11.1 Å². The lowest BCUT2D eigenvalue weighted by Crippen LogP contribution is -2.53. The number of benzene rings is 1. The number of hydrogen-bond acceptors (Lipinski definition) is 4. The van der Waals surface area contributed by atoms with E-state index in [2.05, 4.69) is 4.99 Å². The van der Waals surface area contributed by atoms with Gasteiger partial charge in [0.2, 0.25) is 0 Å². The van der Waals surface area contributed by atoms with Crippen LogP contribution in [0.4, 0.5) is 4.79 Å². The Morgan fingerprint density at radius 3 is 2.11 bits per heavy atom. The van der Waals surface area contributed by atoms with Crippen LogP contribution in [0.3, 0.4) is 0 Å². The fourth-order valence-corrected chi connectivity index (χ4v) is 2.06. The predicted molar refractivity (Wildman–Crippen MR) is 62.8 cm³/mol. The topological polar surface area (TPSA) is 95.9 Å². The summed E-state index contributed by atoms with van der Waals surface area (Å²) in [5, 5.41) is 1.95. The number of amides is 5. The smallest absolute Gasteiger partial charge is 0.274 e. The van der Waals surface area contributed by atoms with Gasteiger partial charge in [-0.25, -0.2) is 9.79 Å². The molecule has 0 bridgehead atoms. The minimum Gasteiger partial charge on any atom is -0.274 e. The van der Waals surface area contributed by atoms with E-state index in [4.69, 9.17) is 0 Å². The van der Waals surface area contributed by atoms with E-state index in [1.165, 1.54) is 12.1 Å². The van der Waals surface area contributed by atoms with Crippen molar-refractivity contribution in [1.82, 2.24) is 10.2 Å². The number of nitrogens with zero attached hydrogens (tertiary/aromatic N) is 2. The van der Waals surface area contributed by atoms with Gasteiger partial charge in [-0.3, -0.25) is 24.6 Å². The fourth-order valence-electron chi connectivity index (χ4n) is 2.06. The van der Waals surface area contributed by atoms with E-state index < -0.39 is 29.8 Å². The lowest BCUT2D eigenvalue weighted by Gasteiger charge is -2.23. The van der Waals surface area contributed by atoms with Crippen molar-refractivity contribution in [1.29, 1.82) is 0 Å². The molecule has 1 aromatic rings. The Labute approximate surface area is 106 Å². The van der Waals surface area contributed by atoms with Gasteiger partial charge in [-0.2, -0.15) is 0 Å². The molecule has 1 aromatic carbocycles. The normalized spacial score (nSPS) is 21.7. The molecule has 3 rings (SSSR count). The Morgan fingerprint density at radius 1 is 1.00 bits per heavy atom. The van der Waals surface area contributed by atoms with Crippen LogP contribution < -0.4 is 5.32 Å². The highest BCUT2D eigenvalue weighted by atomic mass is 16.2. The zero-order valence-electron chi connectivity index (χ0n) is 9.49. The number of imide groups is 2. The van der Waals surface area contributed by atoms with Crippen LogP contribution in [0.5, 0.6) is 0 Å². The number of fused-ring (bicyclic) bond motifs is 1. The summed E-state index contributed by atoms with van der Waals surface area (Å²) >= 11 is 0. The Kier molecular flexibility index (Phi) is 2.28. The largest absolute Gasteiger partial charge is 0.347 e. The zero-order valence-corrected chi connectivity index (χ0v) is 9.49. The van der Waals surface area contributed by atoms with Gasteiger partial charge in [0, 0.05) is 6.21 Å². The monoisotopic (exact) mass is 257 g/mol. The summed E-state index contributed by atoms with van der Waals surface area (Å²) in [5.74, 6) is -1.88. The lowest BCUT2D eigenvalue weighted by atomic mass is 10.1. The average molecular weight is 257 g/mol. The number of aliphatic imine (C=N–C) groups is 1. The van der Waals surface area contributed by atoms with Gasteiger partial charge in [-0.1, -0.05) is 12.1 Å². The van der Waals surface area contributed by atoms with Crippen molar-refractivity contribution in [2.75, 3.05) is 0 Å². The summed E-state index contributed by atoms with van der Waals surface area (Å²) in [5.41, 5.74) is 0.483. The standard InChI is InChI=1S/C12H7N3O4/c16-9-8(5-13-12(19)14-9)15-10(17)6-3-1-2-4-7(6)11(15)18/h1-5,8H,(H,14,16,19). The Bertz CT molecular complexity index is 630. The van der Waals surface area contributed by atoms with Gasteiger partial charge in [0.15, 0.2) is 6.04 Å². The van der Waals surface area contributed by atoms with E-state index in [1.807, 2.05) is 5.32 Å². The summed E-state index contributed by atoms with van der Waals surface area (Å²) in [6.45, 7) is 0. The lowest BCUT2D eigenvalue weighted by molar-refractivity contribution is -0.122. The molecule has 0 aliphatic carbocycles. The minimum absolute atomic E-state index is 0.241. The Hall–Kier alpha value is -2.83. The second kappa shape index (κ2) is 3.84. The average Bonchev–Trinajstić information content (AvgIpc) is 2.64. The van der Waals surface area contributed by atoms with Crippen molar-refractivity contribution in [2.24, 2.45) is 4.99 Å². The number of hydrogen-bond donors (Lipinski definition) is 1. The molecular formula is C12H7N3O4. The number of urea groups is 1. The third-order valence-corrected chi connectivity index (χ3v) is 2.94. The summed E-state index contributed by atoms with van der Waals surface area (Å²) in [6, 6.07) is 4.29. The Morgan fingerprint density at radius 2 is 1.58 bits per heavy atom. The number of carbonyl (C=O) groups excluding carboxylic acids is 4. The van der Waals surface area contributed by atoms with E-state index in [-0.39, 0.29) is 11.1 Å². The summed E-state index contributed by atoms with van der Waals surface area (Å²) in [7, 11) is 0. The van der Waals surface area contributed by atoms with E-state index in [0.29, 0.717) is 0 Å². The molecule has 0 aromatic heterocycles. The van der Waals surface area contributed by atoms with Gasteiger partial charge in [-0.15, -0.1) is 0 Å². The molecular weight excluding hydrogens is 250 g/mol. The van der Waals surface area contributed by atoms with Crippen LogP contribution in [0.25, 0.3) is 0 Å². The van der Waals surface area contributed by atoms with Crippen LogP contribution in [0.15, 0.2) is 29.3 Å². The third kappa shape index (κ3) is 1.55. The molecule has 5 amide bonds. The summed E-state index contributed by atoms with van der Waals surface area (Å²) in [4.78, 5) is 51.0. The van der Waals surface area contributed by atoms with Crippen molar-refractivity contribution in [3.05, 3.63) is 35.4 Å². The van der Waals surface area contributed by atoms with Crippen LogP contribution in [0.2, 0.25) is 0 Å². The molecule has 7 nitrogen and oxygen atoms in total. The van der Waals surface area contributed by atoms with Crippen LogP contribution in [-0.2, 0) is 4.79 Å². The molecule has 19 heavy (non-hydrogen) atoms. The molecule has 0 saturated carbocycles. The molecule has 1 N–H and O–H groups in total. The Balaban J connectivity index is 2.03. The van der Waals surface area contributed by atoms with E-state index in [0.717, 1.165) is 11.1 Å². The van der Waals surface area contributed by atoms with Gasteiger partial charge in [0.25, 0.3) is 17.7 Å². The zero-order chi connectivity index (χ0) is 13.6. The van der Waals surface area contributed by atoms with Gasteiger partial charge in [0.1, 0.15) is 0 Å². The summed E-state index contributed by atoms with van der Waals surface area (Å²) in [6.07, 6.45) is 1.00. The first kappa shape index (κ1) is 11.3. The molecule has 7 heteroatoms.